The Kier molecular flexibility index (Phi) is 12.3. The number of likely N-dealkylation sites (tertiary alicyclic amines) is 1. The highest BCUT2D eigenvalue weighted by atomic mass is 127. The lowest BCUT2D eigenvalue weighted by Gasteiger charge is -2.35. The van der Waals surface area contributed by atoms with E-state index in [0.717, 1.165) is 44.0 Å². The van der Waals surface area contributed by atoms with Gasteiger partial charge >= 0.3 is 0 Å². The van der Waals surface area contributed by atoms with Crippen LogP contribution in [-0.4, -0.2) is 81.1 Å². The van der Waals surface area contributed by atoms with E-state index in [0.29, 0.717) is 30.7 Å². The average Bonchev–Trinajstić information content (AvgIpc) is 2.71. The zero-order chi connectivity index (χ0) is 21.2. The second-order valence-corrected chi connectivity index (χ2v) is 8.23. The van der Waals surface area contributed by atoms with Gasteiger partial charge in [-0.1, -0.05) is 12.1 Å². The van der Waals surface area contributed by atoms with E-state index in [1.165, 1.54) is 0 Å². The number of nitrogens with zero attached hydrogens (tertiary/aromatic N) is 3. The molecule has 0 aliphatic carbocycles. The zero-order valence-corrected chi connectivity index (χ0v) is 21.4. The molecule has 1 aliphatic rings. The minimum absolute atomic E-state index is 0. The van der Waals surface area contributed by atoms with Crippen LogP contribution < -0.4 is 16.0 Å². The standard InChI is InChI=1S/C22H38N6O.HI/c1-17(2)28-12-9-20(10-13-28)26-22(23-3)25-16-18-7-6-8-19(15-18)21(29)24-11-14-27(4)5;/h6-8,15,17,20H,9-14,16H2,1-5H3,(H,24,29)(H2,23,25,26);1H. The summed E-state index contributed by atoms with van der Waals surface area (Å²) in [7, 11) is 5.78. The molecule has 1 aromatic carbocycles. The van der Waals surface area contributed by atoms with E-state index in [2.05, 4.69) is 39.7 Å². The monoisotopic (exact) mass is 530 g/mol. The topological polar surface area (TPSA) is 72.0 Å². The first-order valence-corrected chi connectivity index (χ1v) is 10.6. The van der Waals surface area contributed by atoms with Gasteiger partial charge in [0.2, 0.25) is 0 Å². The summed E-state index contributed by atoms with van der Waals surface area (Å²) in [5.74, 6) is 0.780. The van der Waals surface area contributed by atoms with E-state index in [1.807, 2.05) is 43.3 Å². The Hall–Kier alpha value is -1.39. The average molecular weight is 530 g/mol. The quantitative estimate of drug-likeness (QED) is 0.273. The van der Waals surface area contributed by atoms with Crippen molar-refractivity contribution in [3.05, 3.63) is 35.4 Å². The van der Waals surface area contributed by atoms with E-state index in [9.17, 15) is 4.79 Å². The van der Waals surface area contributed by atoms with Gasteiger partial charge in [-0.2, -0.15) is 0 Å². The van der Waals surface area contributed by atoms with Crippen molar-refractivity contribution in [2.45, 2.75) is 45.3 Å². The van der Waals surface area contributed by atoms with E-state index in [-0.39, 0.29) is 29.9 Å². The fourth-order valence-corrected chi connectivity index (χ4v) is 3.45. The van der Waals surface area contributed by atoms with Crippen LogP contribution in [0.2, 0.25) is 0 Å². The summed E-state index contributed by atoms with van der Waals surface area (Å²) in [4.78, 5) is 21.2. The number of rotatable bonds is 8. The van der Waals surface area contributed by atoms with Crippen molar-refractivity contribution in [1.82, 2.24) is 25.8 Å². The van der Waals surface area contributed by atoms with Crippen molar-refractivity contribution in [2.24, 2.45) is 4.99 Å². The lowest BCUT2D eigenvalue weighted by Crippen LogP contribution is -2.49. The normalized spacial score (nSPS) is 15.8. The molecule has 0 spiro atoms. The molecule has 30 heavy (non-hydrogen) atoms. The summed E-state index contributed by atoms with van der Waals surface area (Å²) in [6, 6.07) is 8.80. The number of nitrogens with one attached hydrogen (secondary N) is 3. The molecular formula is C22H39IN6O. The summed E-state index contributed by atoms with van der Waals surface area (Å²) in [5.41, 5.74) is 1.75. The Bertz CT molecular complexity index is 671. The Labute approximate surface area is 199 Å². The number of hydrogen-bond donors (Lipinski definition) is 3. The number of aliphatic imine (C=N–C) groups is 1. The summed E-state index contributed by atoms with van der Waals surface area (Å²) < 4.78 is 0. The first kappa shape index (κ1) is 26.6. The molecule has 0 aromatic heterocycles. The maximum atomic E-state index is 12.3. The minimum atomic E-state index is -0.0341. The van der Waals surface area contributed by atoms with Crippen LogP contribution in [0.15, 0.2) is 29.3 Å². The van der Waals surface area contributed by atoms with Crippen LogP contribution in [0.3, 0.4) is 0 Å². The number of likely N-dealkylation sites (N-methyl/N-ethyl adjacent to an activating group) is 1. The van der Waals surface area contributed by atoms with Crippen molar-refractivity contribution >= 4 is 35.8 Å². The maximum absolute atomic E-state index is 12.3. The van der Waals surface area contributed by atoms with Gasteiger partial charge in [-0.05, 0) is 58.5 Å². The van der Waals surface area contributed by atoms with Gasteiger partial charge in [-0.15, -0.1) is 24.0 Å². The van der Waals surface area contributed by atoms with Crippen molar-refractivity contribution in [2.75, 3.05) is 47.3 Å². The predicted octanol–water partition coefficient (Wildman–Crippen LogP) is 2.13. The molecule has 0 radical (unpaired) electrons. The van der Waals surface area contributed by atoms with Crippen molar-refractivity contribution in [3.8, 4) is 0 Å². The molecule has 0 atom stereocenters. The van der Waals surface area contributed by atoms with Crippen molar-refractivity contribution in [3.63, 3.8) is 0 Å². The number of amides is 1. The Morgan fingerprint density at radius 3 is 2.53 bits per heavy atom. The Morgan fingerprint density at radius 2 is 1.93 bits per heavy atom. The van der Waals surface area contributed by atoms with Crippen LogP contribution in [0.25, 0.3) is 0 Å². The second kappa shape index (κ2) is 13.8. The lowest BCUT2D eigenvalue weighted by atomic mass is 10.0. The minimum Gasteiger partial charge on any atom is -0.354 e. The number of guanidine groups is 1. The zero-order valence-electron chi connectivity index (χ0n) is 19.1. The van der Waals surface area contributed by atoms with Crippen LogP contribution in [0.4, 0.5) is 0 Å². The van der Waals surface area contributed by atoms with Crippen LogP contribution in [0, 0.1) is 0 Å². The number of carbonyl (C=O) groups excluding carboxylic acids is 1. The van der Waals surface area contributed by atoms with Gasteiger partial charge in [-0.25, -0.2) is 0 Å². The van der Waals surface area contributed by atoms with Crippen LogP contribution >= 0.6 is 24.0 Å². The summed E-state index contributed by atoms with van der Waals surface area (Å²) >= 11 is 0. The molecule has 8 heteroatoms. The lowest BCUT2D eigenvalue weighted by molar-refractivity contribution is 0.0951. The number of halogens is 1. The third kappa shape index (κ3) is 9.18. The van der Waals surface area contributed by atoms with Gasteiger partial charge in [-0.3, -0.25) is 9.79 Å². The summed E-state index contributed by atoms with van der Waals surface area (Å²) in [5, 5.41) is 9.88. The SMILES string of the molecule is CN=C(NCc1cccc(C(=O)NCCN(C)C)c1)NC1CCN(C(C)C)CC1.I. The van der Waals surface area contributed by atoms with Gasteiger partial charge < -0.3 is 25.8 Å². The summed E-state index contributed by atoms with van der Waals surface area (Å²) in [6.07, 6.45) is 2.25. The highest BCUT2D eigenvalue weighted by Crippen LogP contribution is 2.13. The first-order chi connectivity index (χ1) is 13.9. The molecular weight excluding hydrogens is 491 g/mol. The molecule has 0 bridgehead atoms. The Morgan fingerprint density at radius 1 is 1.23 bits per heavy atom. The molecule has 0 unspecified atom stereocenters. The molecule has 1 aromatic rings. The molecule has 1 fully saturated rings. The smallest absolute Gasteiger partial charge is 0.251 e. The van der Waals surface area contributed by atoms with Gasteiger partial charge in [0.1, 0.15) is 0 Å². The van der Waals surface area contributed by atoms with Crippen molar-refractivity contribution in [1.29, 1.82) is 0 Å². The van der Waals surface area contributed by atoms with Gasteiger partial charge in [0, 0.05) is 57.4 Å². The molecule has 0 saturated carbocycles. The van der Waals surface area contributed by atoms with Crippen molar-refractivity contribution < 1.29 is 4.79 Å². The molecule has 7 nitrogen and oxygen atoms in total. The summed E-state index contributed by atoms with van der Waals surface area (Å²) in [6.45, 7) is 8.85. The third-order valence-corrected chi connectivity index (χ3v) is 5.32. The van der Waals surface area contributed by atoms with E-state index in [1.54, 1.807) is 7.05 Å². The molecule has 2 rings (SSSR count). The molecule has 1 amide bonds. The number of hydrogen-bond acceptors (Lipinski definition) is 4. The molecule has 1 saturated heterocycles. The van der Waals surface area contributed by atoms with Crippen LogP contribution in [0.5, 0.6) is 0 Å². The highest BCUT2D eigenvalue weighted by molar-refractivity contribution is 14.0. The molecule has 1 aliphatic heterocycles. The molecule has 1 heterocycles. The fraction of sp³-hybridized carbons (Fsp3) is 0.636. The number of piperidine rings is 1. The van der Waals surface area contributed by atoms with E-state index in [4.69, 9.17) is 0 Å². The second-order valence-electron chi connectivity index (χ2n) is 8.23. The number of benzene rings is 1. The third-order valence-electron chi connectivity index (χ3n) is 5.32. The molecule has 170 valence electrons. The first-order valence-electron chi connectivity index (χ1n) is 10.6. The molecule has 3 N–H and O–H groups in total. The highest BCUT2D eigenvalue weighted by Gasteiger charge is 2.21. The van der Waals surface area contributed by atoms with Gasteiger partial charge in [0.05, 0.1) is 0 Å². The number of carbonyl (C=O) groups is 1. The van der Waals surface area contributed by atoms with E-state index < -0.39 is 0 Å². The maximum Gasteiger partial charge on any atom is 0.251 e. The van der Waals surface area contributed by atoms with Gasteiger partial charge in [0.15, 0.2) is 5.96 Å². The fourth-order valence-electron chi connectivity index (χ4n) is 3.45. The predicted molar refractivity (Wildman–Crippen MR) is 136 cm³/mol. The Balaban J connectivity index is 0.00000450. The van der Waals surface area contributed by atoms with Crippen LogP contribution in [-0.2, 0) is 6.54 Å². The van der Waals surface area contributed by atoms with Gasteiger partial charge in [0.25, 0.3) is 5.91 Å². The largest absolute Gasteiger partial charge is 0.354 e. The van der Waals surface area contributed by atoms with E-state index >= 15 is 0 Å². The van der Waals surface area contributed by atoms with Crippen LogP contribution in [0.1, 0.15) is 42.6 Å².